The van der Waals surface area contributed by atoms with Gasteiger partial charge in [-0.3, -0.25) is 38.4 Å². The second-order valence-corrected chi connectivity index (χ2v) is 43.1. The average Bonchev–Trinajstić information content (AvgIpc) is 0.843. The molecule has 2 aliphatic heterocycles. The third kappa shape index (κ3) is 31.9. The molecular weight excluding hydrogens is 1430 g/mol. The fraction of sp³-hybridized carbons (Fsp3) is 0.641. The van der Waals surface area contributed by atoms with Gasteiger partial charge in [0.25, 0.3) is 11.8 Å². The number of carbonyl (C=O) groups is 8. The number of alkyl halides is 3. The van der Waals surface area contributed by atoms with Crippen molar-refractivity contribution in [3.63, 3.8) is 0 Å². The van der Waals surface area contributed by atoms with Crippen molar-refractivity contribution < 1.29 is 61.4 Å². The Morgan fingerprint density at radius 3 is 1.33 bits per heavy atom. The predicted molar refractivity (Wildman–Crippen MR) is 425 cm³/mol. The molecule has 2 fully saturated rings. The molecule has 0 radical (unpaired) electrons. The number of halogens is 4. The van der Waals surface area contributed by atoms with E-state index in [9.17, 15) is 38.4 Å². The van der Waals surface area contributed by atoms with E-state index in [4.69, 9.17) is 63.6 Å². The van der Waals surface area contributed by atoms with Crippen molar-refractivity contribution in [2.75, 3.05) is 32.8 Å². The number of ether oxygens (including phenoxy) is 3. The minimum atomic E-state index is -2.20. The van der Waals surface area contributed by atoms with Crippen LogP contribution in [0, 0.1) is 35.5 Å². The van der Waals surface area contributed by atoms with Gasteiger partial charge < -0.3 is 54.5 Å². The standard InChI is InChI=1S/C38H61N3O6Si.C30H51Cl3N2O7Si.C10H13N.ClH/c1-13-15-21-32(47-48(11,12)38(8,9)10)26(5)37(45)46-33(25(3)4)35(43)40-28(7)36(44)41-22-17-20-31(24-41)34(42)39-27(6)30-19-16-18-29(14-2)23-30;1-11-12-15-23(42-43(9,10)29(6,7)8)20(4)27(38)41-24(19(2)3)25(36)34-21(5)26(37)35-16-13-14-22(17-35)28(39)40-18-30(31,32)33;1-3-9-5-4-6-10(7-9)8(2)11;/h13-14,16,18-19,23,25-28,31-33H,1-2,15,17,20-22,24H2,3-12H3,(H,39,42)(H,40,43);11,19-24H,1,12-18H2,2-10H3,(H,34,36);3-8H,1,11H2,2H3;1H/t26-,27-,28+,31-,32-,33+;20-,21+,22-,23-,24+;8-;/m111./s1. The Bertz CT molecular complexity index is 3110. The smallest absolute Gasteiger partial charge is 0.312 e. The van der Waals surface area contributed by atoms with E-state index in [2.05, 4.69) is 116 Å². The maximum absolute atomic E-state index is 13.5. The summed E-state index contributed by atoms with van der Waals surface area (Å²) in [5, 5.41) is 8.48. The molecule has 2 aromatic carbocycles. The molecule has 12 atom stereocenters. The van der Waals surface area contributed by atoms with E-state index in [0.717, 1.165) is 22.3 Å². The van der Waals surface area contributed by atoms with Gasteiger partial charge in [0.2, 0.25) is 21.5 Å². The second kappa shape index (κ2) is 44.1. The quantitative estimate of drug-likeness (QED) is 0.0175. The molecule has 0 spiro atoms. The van der Waals surface area contributed by atoms with E-state index in [1.54, 1.807) is 72.4 Å². The number of carbonyl (C=O) groups excluding carboxylic acids is 8. The molecule has 2 saturated heterocycles. The van der Waals surface area contributed by atoms with Crippen LogP contribution in [0.5, 0.6) is 0 Å². The van der Waals surface area contributed by atoms with Crippen LogP contribution in [0.4, 0.5) is 0 Å². The summed E-state index contributed by atoms with van der Waals surface area (Å²) >= 11 is 17.0. The number of amides is 5. The van der Waals surface area contributed by atoms with Crippen LogP contribution in [-0.4, -0.2) is 147 Å². The van der Waals surface area contributed by atoms with Crippen LogP contribution in [0.1, 0.15) is 196 Å². The first-order valence-corrected chi connectivity index (χ1v) is 43.0. The van der Waals surface area contributed by atoms with Crippen molar-refractivity contribution >= 4 is 123 Å². The molecule has 0 saturated carbocycles. The van der Waals surface area contributed by atoms with Gasteiger partial charge in [-0.05, 0) is 169 Å². The highest BCUT2D eigenvalue weighted by Crippen LogP contribution is 2.41. The van der Waals surface area contributed by atoms with Gasteiger partial charge in [-0.15, -0.1) is 25.6 Å². The zero-order valence-electron chi connectivity index (χ0n) is 65.4. The van der Waals surface area contributed by atoms with Crippen molar-refractivity contribution in [3.05, 3.63) is 109 Å². The molecule has 0 unspecified atom stereocenters. The third-order valence-electron chi connectivity index (χ3n) is 19.6. The first-order valence-electron chi connectivity index (χ1n) is 36.1. The number of rotatable bonds is 32. The number of esters is 3. The molecule has 4 rings (SSSR count). The first kappa shape index (κ1) is 95.6. The Labute approximate surface area is 640 Å². The minimum Gasteiger partial charge on any atom is -0.461 e. The van der Waals surface area contributed by atoms with E-state index in [1.807, 2.05) is 68.5 Å². The number of hydrogen-bond acceptors (Lipinski definition) is 14. The highest BCUT2D eigenvalue weighted by molar-refractivity contribution is 6.74. The summed E-state index contributed by atoms with van der Waals surface area (Å²) in [6.07, 6.45) is 9.27. The fourth-order valence-electron chi connectivity index (χ4n) is 10.9. The number of piperidine rings is 2. The van der Waals surface area contributed by atoms with Crippen LogP contribution in [0.15, 0.2) is 87.0 Å². The number of nitrogens with two attached hydrogens (primary N) is 1. The molecule has 0 bridgehead atoms. The fourth-order valence-corrected chi connectivity index (χ4v) is 13.9. The van der Waals surface area contributed by atoms with Crippen molar-refractivity contribution in [2.24, 2.45) is 41.2 Å². The maximum Gasteiger partial charge on any atom is 0.312 e. The molecule has 103 heavy (non-hydrogen) atoms. The zero-order chi connectivity index (χ0) is 78.0. The van der Waals surface area contributed by atoms with Crippen LogP contribution in [0.2, 0.25) is 36.3 Å². The summed E-state index contributed by atoms with van der Waals surface area (Å²) < 4.78 is 28.2. The van der Waals surface area contributed by atoms with Crippen molar-refractivity contribution in [1.82, 2.24) is 25.8 Å². The number of hydrogen-bond donors (Lipinski definition) is 4. The van der Waals surface area contributed by atoms with E-state index in [0.29, 0.717) is 64.5 Å². The molecule has 2 heterocycles. The Balaban J connectivity index is 0.000000889. The van der Waals surface area contributed by atoms with Crippen LogP contribution in [0.3, 0.4) is 0 Å². The normalized spacial score (nSPS) is 18.0. The van der Waals surface area contributed by atoms with Crippen LogP contribution >= 0.6 is 47.2 Å². The molecule has 2 aromatic rings. The van der Waals surface area contributed by atoms with Crippen molar-refractivity contribution in [3.8, 4) is 0 Å². The molecule has 5 N–H and O–H groups in total. The summed E-state index contributed by atoms with van der Waals surface area (Å²) in [6.45, 7) is 55.3. The number of likely N-dealkylation sites (tertiary alicyclic amines) is 2. The van der Waals surface area contributed by atoms with Crippen molar-refractivity contribution in [2.45, 2.75) is 251 Å². The topological polar surface area (TPSA) is 251 Å². The first-order chi connectivity index (χ1) is 47.2. The summed E-state index contributed by atoms with van der Waals surface area (Å²) in [5.74, 6) is -6.25. The molecule has 0 aliphatic carbocycles. The lowest BCUT2D eigenvalue weighted by atomic mass is 9.95. The van der Waals surface area contributed by atoms with Crippen LogP contribution < -0.4 is 21.7 Å². The van der Waals surface area contributed by atoms with E-state index in [-0.39, 0.29) is 89.2 Å². The van der Waals surface area contributed by atoms with Crippen molar-refractivity contribution in [1.29, 1.82) is 0 Å². The summed E-state index contributed by atoms with van der Waals surface area (Å²) in [5.41, 5.74) is 9.94. The molecule has 0 aromatic heterocycles. The monoisotopic (exact) mass is 1550 g/mol. The number of nitrogens with zero attached hydrogens (tertiary/aromatic N) is 2. The maximum atomic E-state index is 13.5. The molecule has 5 amide bonds. The summed E-state index contributed by atoms with van der Waals surface area (Å²) in [6, 6.07) is 14.1. The minimum absolute atomic E-state index is 0. The van der Waals surface area contributed by atoms with E-state index in [1.165, 1.54) is 4.90 Å². The third-order valence-corrected chi connectivity index (χ3v) is 28.9. The molecule has 582 valence electrons. The van der Waals surface area contributed by atoms with Gasteiger partial charge in [0.05, 0.1) is 41.9 Å². The van der Waals surface area contributed by atoms with Gasteiger partial charge >= 0.3 is 17.9 Å². The van der Waals surface area contributed by atoms with E-state index >= 15 is 0 Å². The Kier molecular flexibility index (Phi) is 40.9. The Morgan fingerprint density at radius 1 is 0.592 bits per heavy atom. The SMILES string of the molecule is C=CCC[C@@H](O[Si](C)(C)C(C)(C)C)[C@@H](C)C(=O)O[C@H](C(=O)N[C@@H](C)C(=O)N1CCC[C@@H](C(=O)N[C@H](C)c2cccc(C=C)c2)C1)C(C)C.C=CCC[C@@H](O[Si](C)(C)C(C)(C)C)[C@@H](C)C(=O)O[C@H](C(=O)N[C@@H](C)C(=O)N1CCC[C@@H](C(=O)OCC(Cl)(Cl)Cl)C1)C(C)C.C=Cc1cccc([C@@H](C)N)c1.Cl. The highest BCUT2D eigenvalue weighted by Gasteiger charge is 2.45. The van der Waals surface area contributed by atoms with Gasteiger partial charge in [-0.25, -0.2) is 0 Å². The van der Waals surface area contributed by atoms with Gasteiger partial charge in [0.1, 0.15) is 18.7 Å². The van der Waals surface area contributed by atoms with Gasteiger partial charge in [-0.1, -0.05) is 184 Å². The Hall–Kier alpha value is -5.37. The summed E-state index contributed by atoms with van der Waals surface area (Å²) in [4.78, 5) is 109. The lowest BCUT2D eigenvalue weighted by Crippen LogP contribution is -2.54. The molecular formula is C78H126Cl4N6O13Si2. The highest BCUT2D eigenvalue weighted by atomic mass is 35.6. The lowest BCUT2D eigenvalue weighted by molar-refractivity contribution is -0.165. The molecule has 19 nitrogen and oxygen atoms in total. The molecule has 25 heteroatoms. The molecule has 2 aliphatic rings. The van der Waals surface area contributed by atoms with Gasteiger partial charge in [0, 0.05) is 32.2 Å². The van der Waals surface area contributed by atoms with Gasteiger partial charge in [-0.2, -0.15) is 0 Å². The van der Waals surface area contributed by atoms with E-state index < -0.39 is 105 Å². The zero-order valence-corrected chi connectivity index (χ0v) is 70.4. The predicted octanol–water partition coefficient (Wildman–Crippen LogP) is 15.8. The largest absolute Gasteiger partial charge is 0.461 e. The van der Waals surface area contributed by atoms with Crippen LogP contribution in [-0.2, 0) is 61.4 Å². The van der Waals surface area contributed by atoms with Crippen LogP contribution in [0.25, 0.3) is 12.2 Å². The second-order valence-electron chi connectivity index (χ2n) is 31.0. The average molecular weight is 1550 g/mol. The Morgan fingerprint density at radius 2 is 0.971 bits per heavy atom. The summed E-state index contributed by atoms with van der Waals surface area (Å²) in [7, 11) is -4.39. The number of nitrogens with one attached hydrogen (secondary N) is 3. The number of benzene rings is 2. The number of allylic oxidation sites excluding steroid dienone is 2. The lowest BCUT2D eigenvalue weighted by Gasteiger charge is -2.40. The van der Waals surface area contributed by atoms with Gasteiger partial charge in [0.15, 0.2) is 28.8 Å².